The van der Waals surface area contributed by atoms with Gasteiger partial charge < -0.3 is 0 Å². The third-order valence-corrected chi connectivity index (χ3v) is 2.58. The zero-order valence-corrected chi connectivity index (χ0v) is 9.90. The lowest BCUT2D eigenvalue weighted by Gasteiger charge is -2.05. The molecule has 0 saturated carbocycles. The van der Waals surface area contributed by atoms with E-state index in [1.54, 1.807) is 6.92 Å². The fourth-order valence-electron chi connectivity index (χ4n) is 1.57. The second-order valence-corrected chi connectivity index (χ2v) is 3.80. The summed E-state index contributed by atoms with van der Waals surface area (Å²) in [6.07, 6.45) is 1.40. The molecule has 1 aromatic carbocycles. The van der Waals surface area contributed by atoms with E-state index in [1.165, 1.54) is 30.5 Å². The monoisotopic (exact) mass is 256 g/mol. The van der Waals surface area contributed by atoms with Crippen LogP contribution < -0.4 is 5.56 Å². The van der Waals surface area contributed by atoms with Crippen molar-refractivity contribution < 1.29 is 4.92 Å². The number of non-ortho nitro benzene ring substituents is 1. The molecule has 0 aliphatic carbocycles. The van der Waals surface area contributed by atoms with Gasteiger partial charge in [-0.25, -0.2) is 0 Å². The number of nitriles is 1. The molecule has 0 aliphatic rings. The maximum atomic E-state index is 12.0. The Morgan fingerprint density at radius 2 is 2.00 bits per heavy atom. The van der Waals surface area contributed by atoms with Crippen LogP contribution in [-0.4, -0.2) is 14.7 Å². The van der Waals surface area contributed by atoms with Gasteiger partial charge >= 0.3 is 0 Å². The van der Waals surface area contributed by atoms with Crippen LogP contribution in [0.3, 0.4) is 0 Å². The van der Waals surface area contributed by atoms with E-state index in [0.29, 0.717) is 11.3 Å². The number of hydrogen-bond acceptors (Lipinski definition) is 5. The molecule has 2 rings (SSSR count). The summed E-state index contributed by atoms with van der Waals surface area (Å²) in [6, 6.07) is 7.18. The molecule has 19 heavy (non-hydrogen) atoms. The van der Waals surface area contributed by atoms with E-state index < -0.39 is 10.5 Å². The molecule has 0 spiro atoms. The van der Waals surface area contributed by atoms with Crippen LogP contribution in [0.15, 0.2) is 35.3 Å². The SMILES string of the molecule is Cc1cnn(-c2ccc([N+](=O)[O-])cc2)c(=O)c1C#N. The number of nitro groups is 1. The zero-order valence-electron chi connectivity index (χ0n) is 9.90. The Hall–Kier alpha value is -3.01. The quantitative estimate of drug-likeness (QED) is 0.595. The predicted molar refractivity (Wildman–Crippen MR) is 65.9 cm³/mol. The first-order valence-electron chi connectivity index (χ1n) is 5.28. The van der Waals surface area contributed by atoms with Crippen molar-refractivity contribution in [2.24, 2.45) is 0 Å². The summed E-state index contributed by atoms with van der Waals surface area (Å²) in [7, 11) is 0. The highest BCUT2D eigenvalue weighted by atomic mass is 16.6. The van der Waals surface area contributed by atoms with E-state index in [4.69, 9.17) is 5.26 Å². The maximum absolute atomic E-state index is 12.0. The molecule has 0 unspecified atom stereocenters. The molecule has 0 radical (unpaired) electrons. The Balaban J connectivity index is 2.57. The molecule has 7 nitrogen and oxygen atoms in total. The highest BCUT2D eigenvalue weighted by Crippen LogP contribution is 2.13. The lowest BCUT2D eigenvalue weighted by atomic mass is 10.2. The smallest absolute Gasteiger partial charge is 0.266 e. The maximum Gasteiger partial charge on any atom is 0.289 e. The van der Waals surface area contributed by atoms with Crippen molar-refractivity contribution in [3.8, 4) is 11.8 Å². The van der Waals surface area contributed by atoms with Gasteiger partial charge in [-0.15, -0.1) is 0 Å². The highest BCUT2D eigenvalue weighted by molar-refractivity contribution is 5.42. The Kier molecular flexibility index (Phi) is 3.08. The second kappa shape index (κ2) is 4.70. The number of aryl methyl sites for hydroxylation is 1. The second-order valence-electron chi connectivity index (χ2n) is 3.80. The van der Waals surface area contributed by atoms with Gasteiger partial charge in [-0.2, -0.15) is 15.0 Å². The molecule has 0 saturated heterocycles. The van der Waals surface area contributed by atoms with Crippen molar-refractivity contribution in [3.05, 3.63) is 62.1 Å². The average Bonchev–Trinajstić information content (AvgIpc) is 2.39. The summed E-state index contributed by atoms with van der Waals surface area (Å²) < 4.78 is 1.04. The largest absolute Gasteiger partial charge is 0.289 e. The topological polar surface area (TPSA) is 102 Å². The Morgan fingerprint density at radius 3 is 2.53 bits per heavy atom. The summed E-state index contributed by atoms with van der Waals surface area (Å²) >= 11 is 0. The Morgan fingerprint density at radius 1 is 1.37 bits per heavy atom. The first-order valence-corrected chi connectivity index (χ1v) is 5.28. The van der Waals surface area contributed by atoms with Crippen molar-refractivity contribution in [3.63, 3.8) is 0 Å². The van der Waals surface area contributed by atoms with Crippen LogP contribution in [0.1, 0.15) is 11.1 Å². The number of aromatic nitrogens is 2. The molecular formula is C12H8N4O3. The minimum atomic E-state index is -0.545. The van der Waals surface area contributed by atoms with Crippen LogP contribution in [-0.2, 0) is 0 Å². The molecule has 1 aromatic heterocycles. The van der Waals surface area contributed by atoms with E-state index >= 15 is 0 Å². The molecular weight excluding hydrogens is 248 g/mol. The van der Waals surface area contributed by atoms with Crippen LogP contribution >= 0.6 is 0 Å². The number of nitrogens with zero attached hydrogens (tertiary/aromatic N) is 4. The lowest BCUT2D eigenvalue weighted by molar-refractivity contribution is -0.384. The first kappa shape index (κ1) is 12.4. The van der Waals surface area contributed by atoms with Gasteiger partial charge in [0.2, 0.25) is 0 Å². The van der Waals surface area contributed by atoms with Crippen LogP contribution in [0.4, 0.5) is 5.69 Å². The summed E-state index contributed by atoms with van der Waals surface area (Å²) in [5.74, 6) is 0. The van der Waals surface area contributed by atoms with Gasteiger partial charge in [0, 0.05) is 12.1 Å². The number of hydrogen-bond donors (Lipinski definition) is 0. The zero-order chi connectivity index (χ0) is 14.0. The molecule has 2 aromatic rings. The third kappa shape index (κ3) is 2.19. The number of benzene rings is 1. The van der Waals surface area contributed by atoms with Crippen molar-refractivity contribution in [2.75, 3.05) is 0 Å². The van der Waals surface area contributed by atoms with Gasteiger partial charge in [0.1, 0.15) is 11.6 Å². The highest BCUT2D eigenvalue weighted by Gasteiger charge is 2.10. The molecule has 0 aliphatic heterocycles. The van der Waals surface area contributed by atoms with Crippen LogP contribution in [0.2, 0.25) is 0 Å². The standard InChI is InChI=1S/C12H8N4O3/c1-8-7-14-15(12(17)11(8)6-13)9-2-4-10(5-3-9)16(18)19/h2-5,7H,1H3. The van der Waals surface area contributed by atoms with E-state index in [9.17, 15) is 14.9 Å². The third-order valence-electron chi connectivity index (χ3n) is 2.58. The summed E-state index contributed by atoms with van der Waals surface area (Å²) in [6.45, 7) is 1.62. The Bertz CT molecular complexity index is 741. The molecule has 7 heteroatoms. The fraction of sp³-hybridized carbons (Fsp3) is 0.0833. The van der Waals surface area contributed by atoms with Crippen molar-refractivity contribution in [2.45, 2.75) is 6.92 Å². The van der Waals surface area contributed by atoms with Gasteiger partial charge in [0.25, 0.3) is 11.2 Å². The van der Waals surface area contributed by atoms with Gasteiger partial charge in [0.15, 0.2) is 0 Å². The minimum absolute atomic E-state index is 0.00773. The van der Waals surface area contributed by atoms with Gasteiger partial charge in [-0.05, 0) is 24.6 Å². The number of rotatable bonds is 2. The van der Waals surface area contributed by atoms with Crippen molar-refractivity contribution >= 4 is 5.69 Å². The van der Waals surface area contributed by atoms with Gasteiger partial charge in [0.05, 0.1) is 16.8 Å². The van der Waals surface area contributed by atoms with E-state index in [-0.39, 0.29) is 11.3 Å². The Labute approximate surface area is 107 Å². The average molecular weight is 256 g/mol. The van der Waals surface area contributed by atoms with E-state index in [2.05, 4.69) is 5.10 Å². The molecule has 0 amide bonds. The predicted octanol–water partition coefficient (Wildman–Crippen LogP) is 1.32. The van der Waals surface area contributed by atoms with Crippen LogP contribution in [0, 0.1) is 28.4 Å². The molecule has 0 atom stereocenters. The van der Waals surface area contributed by atoms with E-state index in [0.717, 1.165) is 4.68 Å². The van der Waals surface area contributed by atoms with Crippen LogP contribution in [0.25, 0.3) is 5.69 Å². The molecule has 1 heterocycles. The van der Waals surface area contributed by atoms with Gasteiger partial charge in [-0.1, -0.05) is 0 Å². The minimum Gasteiger partial charge on any atom is -0.266 e. The molecule has 94 valence electrons. The molecule has 0 N–H and O–H groups in total. The van der Waals surface area contributed by atoms with Gasteiger partial charge in [-0.3, -0.25) is 14.9 Å². The summed E-state index contributed by atoms with van der Waals surface area (Å²) in [5, 5.41) is 23.4. The van der Waals surface area contributed by atoms with E-state index in [1.807, 2.05) is 6.07 Å². The normalized spacial score (nSPS) is 9.89. The molecule has 0 bridgehead atoms. The van der Waals surface area contributed by atoms with Crippen molar-refractivity contribution in [1.29, 1.82) is 5.26 Å². The first-order chi connectivity index (χ1) is 9.04. The van der Waals surface area contributed by atoms with Crippen molar-refractivity contribution in [1.82, 2.24) is 9.78 Å². The number of nitro benzene ring substituents is 1. The van der Waals surface area contributed by atoms with Crippen LogP contribution in [0.5, 0.6) is 0 Å². The molecule has 0 fully saturated rings. The summed E-state index contributed by atoms with van der Waals surface area (Å²) in [4.78, 5) is 22.0. The fourth-order valence-corrected chi connectivity index (χ4v) is 1.57. The summed E-state index contributed by atoms with van der Waals surface area (Å²) in [5.41, 5.74) is 0.242. The lowest BCUT2D eigenvalue weighted by Crippen LogP contribution is -2.24.